The van der Waals surface area contributed by atoms with Crippen molar-refractivity contribution >= 4 is 10.0 Å². The fraction of sp³-hybridized carbons (Fsp3) is 0.571. The lowest BCUT2D eigenvalue weighted by atomic mass is 10.1. The summed E-state index contributed by atoms with van der Waals surface area (Å²) in [6.07, 6.45) is 2.65. The molecule has 1 unspecified atom stereocenters. The fourth-order valence-corrected chi connectivity index (χ4v) is 4.00. The molecule has 1 aromatic carbocycles. The summed E-state index contributed by atoms with van der Waals surface area (Å²) in [5.41, 5.74) is 0. The van der Waals surface area contributed by atoms with Gasteiger partial charge in [-0.1, -0.05) is 6.92 Å². The molecule has 2 rings (SSSR count). The van der Waals surface area contributed by atoms with Crippen molar-refractivity contribution in [3.63, 3.8) is 0 Å². The van der Waals surface area contributed by atoms with Gasteiger partial charge in [-0.25, -0.2) is 17.2 Å². The van der Waals surface area contributed by atoms with Crippen molar-refractivity contribution in [1.29, 1.82) is 0 Å². The Labute approximate surface area is 124 Å². The minimum absolute atomic E-state index is 0.110. The fourth-order valence-electron chi connectivity index (χ4n) is 2.46. The summed E-state index contributed by atoms with van der Waals surface area (Å²) >= 11 is 0. The van der Waals surface area contributed by atoms with E-state index in [2.05, 4.69) is 5.32 Å². The lowest BCUT2D eigenvalue weighted by Crippen LogP contribution is -2.48. The van der Waals surface area contributed by atoms with Crippen LogP contribution in [-0.4, -0.2) is 38.4 Å². The van der Waals surface area contributed by atoms with E-state index >= 15 is 0 Å². The molecular weight excluding hydrogens is 298 g/mol. The Balaban J connectivity index is 2.16. The smallest absolute Gasteiger partial charge is 0.243 e. The van der Waals surface area contributed by atoms with E-state index in [9.17, 15) is 17.2 Å². The lowest BCUT2D eigenvalue weighted by Gasteiger charge is -2.32. The second-order valence-electron chi connectivity index (χ2n) is 5.23. The number of sulfonamides is 1. The lowest BCUT2D eigenvalue weighted by molar-refractivity contribution is 0.284. The van der Waals surface area contributed by atoms with Gasteiger partial charge in [0.1, 0.15) is 0 Å². The van der Waals surface area contributed by atoms with Crippen LogP contribution in [0.1, 0.15) is 26.2 Å². The molecule has 0 bridgehead atoms. The Morgan fingerprint density at radius 2 is 2.10 bits per heavy atom. The summed E-state index contributed by atoms with van der Waals surface area (Å²) in [4.78, 5) is -0.197. The maximum atomic E-state index is 13.2. The number of nitrogens with one attached hydrogen (secondary N) is 1. The molecular formula is C14H20F2N2O2S. The molecule has 0 amide bonds. The van der Waals surface area contributed by atoms with Crippen LogP contribution in [0.15, 0.2) is 23.1 Å². The van der Waals surface area contributed by atoms with Gasteiger partial charge in [0, 0.05) is 19.1 Å². The van der Waals surface area contributed by atoms with Gasteiger partial charge in [0.25, 0.3) is 0 Å². The second kappa shape index (κ2) is 6.81. The van der Waals surface area contributed by atoms with Crippen LogP contribution in [0.25, 0.3) is 0 Å². The van der Waals surface area contributed by atoms with Crippen molar-refractivity contribution < 1.29 is 17.2 Å². The first kappa shape index (κ1) is 16.3. The molecule has 0 spiro atoms. The number of rotatable bonds is 5. The van der Waals surface area contributed by atoms with Gasteiger partial charge in [-0.3, -0.25) is 0 Å². The molecule has 0 aromatic heterocycles. The quantitative estimate of drug-likeness (QED) is 0.905. The normalized spacial score (nSPS) is 20.6. The van der Waals surface area contributed by atoms with Crippen molar-refractivity contribution in [2.45, 2.75) is 37.1 Å². The number of halogens is 2. The zero-order valence-electron chi connectivity index (χ0n) is 12.0. The summed E-state index contributed by atoms with van der Waals surface area (Å²) in [6, 6.07) is 2.81. The molecule has 0 radical (unpaired) electrons. The first-order valence-corrected chi connectivity index (χ1v) is 8.57. The van der Waals surface area contributed by atoms with Crippen molar-refractivity contribution in [2.75, 3.05) is 19.6 Å². The third kappa shape index (κ3) is 3.78. The molecule has 21 heavy (non-hydrogen) atoms. The maximum absolute atomic E-state index is 13.2. The van der Waals surface area contributed by atoms with Crippen molar-refractivity contribution in [3.05, 3.63) is 29.8 Å². The highest BCUT2D eigenvalue weighted by atomic mass is 32.2. The third-order valence-electron chi connectivity index (χ3n) is 3.60. The average molecular weight is 318 g/mol. The number of nitrogens with zero attached hydrogens (tertiary/aromatic N) is 1. The van der Waals surface area contributed by atoms with Crippen LogP contribution in [0.3, 0.4) is 0 Å². The molecule has 118 valence electrons. The SMILES string of the molecule is CCCNC1CCCN(S(=O)(=O)c2ccc(F)c(F)c2)C1. The van der Waals surface area contributed by atoms with E-state index in [1.807, 2.05) is 6.92 Å². The Morgan fingerprint density at radius 1 is 1.33 bits per heavy atom. The van der Waals surface area contributed by atoms with Crippen molar-refractivity contribution in [2.24, 2.45) is 0 Å². The van der Waals surface area contributed by atoms with E-state index in [0.717, 1.165) is 44.0 Å². The van der Waals surface area contributed by atoms with E-state index in [0.29, 0.717) is 13.1 Å². The molecule has 0 aliphatic carbocycles. The molecule has 1 aromatic rings. The first-order chi connectivity index (χ1) is 9.95. The third-order valence-corrected chi connectivity index (χ3v) is 5.46. The second-order valence-corrected chi connectivity index (χ2v) is 7.17. The Kier molecular flexibility index (Phi) is 5.29. The minimum atomic E-state index is -3.77. The van der Waals surface area contributed by atoms with Gasteiger partial charge in [-0.05, 0) is 44.0 Å². The van der Waals surface area contributed by atoms with E-state index in [4.69, 9.17) is 0 Å². The van der Waals surface area contributed by atoms with Crippen LogP contribution in [-0.2, 0) is 10.0 Å². The Morgan fingerprint density at radius 3 is 2.76 bits per heavy atom. The Bertz CT molecular complexity index is 593. The van der Waals surface area contributed by atoms with E-state index in [1.165, 1.54) is 4.31 Å². The molecule has 1 aliphatic rings. The topological polar surface area (TPSA) is 49.4 Å². The standard InChI is InChI=1S/C14H20F2N2O2S/c1-2-7-17-11-4-3-8-18(10-11)21(19,20)12-5-6-13(15)14(16)9-12/h5-6,9,11,17H,2-4,7-8,10H2,1H3. The summed E-state index contributed by atoms with van der Waals surface area (Å²) in [6.45, 7) is 3.66. The van der Waals surface area contributed by atoms with Gasteiger partial charge in [0.05, 0.1) is 4.90 Å². The van der Waals surface area contributed by atoms with Gasteiger partial charge >= 0.3 is 0 Å². The van der Waals surface area contributed by atoms with Crippen LogP contribution in [0.4, 0.5) is 8.78 Å². The van der Waals surface area contributed by atoms with Gasteiger partial charge in [-0.2, -0.15) is 4.31 Å². The zero-order chi connectivity index (χ0) is 15.5. The molecule has 4 nitrogen and oxygen atoms in total. The summed E-state index contributed by atoms with van der Waals surface area (Å²) in [7, 11) is -3.77. The maximum Gasteiger partial charge on any atom is 0.243 e. The highest BCUT2D eigenvalue weighted by molar-refractivity contribution is 7.89. The number of benzene rings is 1. The van der Waals surface area contributed by atoms with E-state index in [1.54, 1.807) is 0 Å². The van der Waals surface area contributed by atoms with Gasteiger partial charge in [0.15, 0.2) is 11.6 Å². The van der Waals surface area contributed by atoms with Crippen LogP contribution < -0.4 is 5.32 Å². The van der Waals surface area contributed by atoms with Crippen molar-refractivity contribution in [1.82, 2.24) is 9.62 Å². The van der Waals surface area contributed by atoms with Crippen LogP contribution in [0.5, 0.6) is 0 Å². The highest BCUT2D eigenvalue weighted by Crippen LogP contribution is 2.22. The number of hydrogen-bond donors (Lipinski definition) is 1. The summed E-state index contributed by atoms with van der Waals surface area (Å²) in [5, 5.41) is 3.31. The molecule has 7 heteroatoms. The van der Waals surface area contributed by atoms with Gasteiger partial charge in [-0.15, -0.1) is 0 Å². The molecule has 1 fully saturated rings. The predicted octanol–water partition coefficient (Wildman–Crippen LogP) is 2.12. The predicted molar refractivity (Wildman–Crippen MR) is 76.4 cm³/mol. The van der Waals surface area contributed by atoms with E-state index < -0.39 is 21.7 Å². The molecule has 1 saturated heterocycles. The summed E-state index contributed by atoms with van der Waals surface area (Å²) in [5.74, 6) is -2.19. The average Bonchev–Trinajstić information content (AvgIpc) is 2.48. The monoisotopic (exact) mass is 318 g/mol. The molecule has 1 heterocycles. The Hall–Kier alpha value is -1.05. The van der Waals surface area contributed by atoms with Crippen LogP contribution >= 0.6 is 0 Å². The highest BCUT2D eigenvalue weighted by Gasteiger charge is 2.30. The largest absolute Gasteiger partial charge is 0.313 e. The number of hydrogen-bond acceptors (Lipinski definition) is 3. The first-order valence-electron chi connectivity index (χ1n) is 7.13. The molecule has 0 saturated carbocycles. The van der Waals surface area contributed by atoms with Gasteiger partial charge in [0.2, 0.25) is 10.0 Å². The molecule has 1 atom stereocenters. The zero-order valence-corrected chi connectivity index (χ0v) is 12.8. The van der Waals surface area contributed by atoms with Crippen molar-refractivity contribution in [3.8, 4) is 0 Å². The van der Waals surface area contributed by atoms with Crippen LogP contribution in [0, 0.1) is 11.6 Å². The minimum Gasteiger partial charge on any atom is -0.313 e. The number of piperidine rings is 1. The summed E-state index contributed by atoms with van der Waals surface area (Å²) < 4.78 is 52.5. The molecule has 1 N–H and O–H groups in total. The van der Waals surface area contributed by atoms with Crippen LogP contribution in [0.2, 0.25) is 0 Å². The van der Waals surface area contributed by atoms with E-state index in [-0.39, 0.29) is 10.9 Å². The molecule has 1 aliphatic heterocycles. The van der Waals surface area contributed by atoms with Gasteiger partial charge < -0.3 is 5.32 Å².